The number of hydrogen-bond acceptors (Lipinski definition) is 5. The predicted octanol–water partition coefficient (Wildman–Crippen LogP) is 2.33. The Bertz CT molecular complexity index is 570. The highest BCUT2D eigenvalue weighted by Gasteiger charge is 2.15. The van der Waals surface area contributed by atoms with E-state index in [2.05, 4.69) is 20.5 Å². The Labute approximate surface area is 106 Å². The van der Waals surface area contributed by atoms with Gasteiger partial charge in [0.05, 0.1) is 5.02 Å². The Morgan fingerprint density at radius 3 is 2.76 bits per heavy atom. The van der Waals surface area contributed by atoms with E-state index in [1.807, 2.05) is 0 Å². The van der Waals surface area contributed by atoms with Gasteiger partial charge in [0.2, 0.25) is 5.89 Å². The minimum atomic E-state index is -0.568. The van der Waals surface area contributed by atoms with E-state index in [4.69, 9.17) is 27.6 Å². The number of anilines is 1. The van der Waals surface area contributed by atoms with Crippen LogP contribution in [0.1, 0.15) is 16.4 Å². The maximum Gasteiger partial charge on any atom is 0.322 e. The van der Waals surface area contributed by atoms with Gasteiger partial charge in [0.15, 0.2) is 0 Å². The molecular formula is C9H6Cl2N4O2. The smallest absolute Gasteiger partial charge is 0.322 e. The Kier molecular flexibility index (Phi) is 3.26. The fraction of sp³-hybridized carbons (Fsp3) is 0.111. The van der Waals surface area contributed by atoms with Gasteiger partial charge in [-0.25, -0.2) is 4.98 Å². The molecule has 0 aliphatic heterocycles. The lowest BCUT2D eigenvalue weighted by Crippen LogP contribution is -2.14. The van der Waals surface area contributed by atoms with Gasteiger partial charge in [-0.1, -0.05) is 28.3 Å². The van der Waals surface area contributed by atoms with Crippen molar-refractivity contribution in [1.29, 1.82) is 0 Å². The molecule has 2 rings (SSSR count). The summed E-state index contributed by atoms with van der Waals surface area (Å²) in [7, 11) is 0. The van der Waals surface area contributed by atoms with Crippen LogP contribution in [-0.4, -0.2) is 21.1 Å². The molecule has 2 aromatic rings. The monoisotopic (exact) mass is 272 g/mol. The van der Waals surface area contributed by atoms with Gasteiger partial charge in [-0.3, -0.25) is 10.1 Å². The van der Waals surface area contributed by atoms with Crippen LogP contribution in [-0.2, 0) is 0 Å². The van der Waals surface area contributed by atoms with E-state index in [9.17, 15) is 4.79 Å². The van der Waals surface area contributed by atoms with E-state index in [1.165, 1.54) is 12.1 Å². The second-order valence-electron chi connectivity index (χ2n) is 3.04. The number of rotatable bonds is 2. The number of aryl methyl sites for hydroxylation is 1. The zero-order valence-electron chi connectivity index (χ0n) is 8.57. The van der Waals surface area contributed by atoms with Crippen molar-refractivity contribution in [2.45, 2.75) is 6.92 Å². The van der Waals surface area contributed by atoms with Crippen molar-refractivity contribution in [3.63, 3.8) is 0 Å². The number of nitrogens with one attached hydrogen (secondary N) is 1. The van der Waals surface area contributed by atoms with Crippen LogP contribution in [0, 0.1) is 6.92 Å². The summed E-state index contributed by atoms with van der Waals surface area (Å²) in [5, 5.41) is 9.89. The van der Waals surface area contributed by atoms with Crippen LogP contribution in [0.2, 0.25) is 10.2 Å². The number of aromatic nitrogens is 3. The molecule has 0 fully saturated rings. The van der Waals surface area contributed by atoms with Crippen molar-refractivity contribution in [2.75, 3.05) is 5.32 Å². The Hall–Kier alpha value is -1.66. The first-order chi connectivity index (χ1) is 8.06. The molecule has 88 valence electrons. The lowest BCUT2D eigenvalue weighted by molar-refractivity contribution is 0.101. The molecule has 0 atom stereocenters. The second kappa shape index (κ2) is 4.68. The third kappa shape index (κ3) is 2.72. The molecule has 1 amide bonds. The summed E-state index contributed by atoms with van der Waals surface area (Å²) in [4.78, 5) is 15.6. The fourth-order valence-corrected chi connectivity index (χ4v) is 1.42. The molecule has 1 N–H and O–H groups in total. The number of pyridine rings is 1. The average Bonchev–Trinajstić information content (AvgIpc) is 2.67. The van der Waals surface area contributed by atoms with Crippen LogP contribution in [0.3, 0.4) is 0 Å². The highest BCUT2D eigenvalue weighted by atomic mass is 35.5. The minimum absolute atomic E-state index is 0.00461. The largest absolute Gasteiger partial charge is 0.408 e. The van der Waals surface area contributed by atoms with E-state index >= 15 is 0 Å². The van der Waals surface area contributed by atoms with Gasteiger partial charge >= 0.3 is 6.01 Å². The van der Waals surface area contributed by atoms with Crippen molar-refractivity contribution >= 4 is 35.1 Å². The maximum absolute atomic E-state index is 11.8. The summed E-state index contributed by atoms with van der Waals surface area (Å²) in [6, 6.07) is 2.94. The van der Waals surface area contributed by atoms with Gasteiger partial charge in [-0.05, 0) is 12.1 Å². The number of carbonyl (C=O) groups excluding carboxylic acids is 1. The second-order valence-corrected chi connectivity index (χ2v) is 3.84. The Morgan fingerprint density at radius 2 is 2.12 bits per heavy atom. The third-order valence-electron chi connectivity index (χ3n) is 1.77. The van der Waals surface area contributed by atoms with Crippen LogP contribution >= 0.6 is 23.2 Å². The summed E-state index contributed by atoms with van der Waals surface area (Å²) in [6.45, 7) is 1.60. The van der Waals surface area contributed by atoms with Crippen LogP contribution in [0.4, 0.5) is 6.01 Å². The molecule has 6 nitrogen and oxygen atoms in total. The topological polar surface area (TPSA) is 80.9 Å². The van der Waals surface area contributed by atoms with E-state index in [-0.39, 0.29) is 21.9 Å². The summed E-state index contributed by atoms with van der Waals surface area (Å²) in [5.74, 6) is -0.230. The lowest BCUT2D eigenvalue weighted by atomic mass is 10.3. The number of nitrogens with zero attached hydrogens (tertiary/aromatic N) is 3. The fourth-order valence-electron chi connectivity index (χ4n) is 1.08. The maximum atomic E-state index is 11.8. The summed E-state index contributed by atoms with van der Waals surface area (Å²) < 4.78 is 4.99. The van der Waals surface area contributed by atoms with Gasteiger partial charge in [0.1, 0.15) is 10.8 Å². The number of hydrogen-bond donors (Lipinski definition) is 1. The van der Waals surface area contributed by atoms with Gasteiger partial charge in [-0.2, -0.15) is 0 Å². The lowest BCUT2D eigenvalue weighted by Gasteiger charge is -2.02. The van der Waals surface area contributed by atoms with Gasteiger partial charge in [-0.15, -0.1) is 5.10 Å². The first-order valence-electron chi connectivity index (χ1n) is 4.50. The quantitative estimate of drug-likeness (QED) is 0.849. The van der Waals surface area contributed by atoms with E-state index in [1.54, 1.807) is 6.92 Å². The molecule has 0 radical (unpaired) electrons. The first kappa shape index (κ1) is 11.8. The average molecular weight is 273 g/mol. The zero-order valence-corrected chi connectivity index (χ0v) is 10.1. The summed E-state index contributed by atoms with van der Waals surface area (Å²) in [6.07, 6.45) is 0. The van der Waals surface area contributed by atoms with Gasteiger partial charge in [0.25, 0.3) is 5.91 Å². The zero-order chi connectivity index (χ0) is 12.4. The molecule has 0 bridgehead atoms. The molecule has 2 aromatic heterocycles. The normalized spacial score (nSPS) is 10.3. The first-order valence-corrected chi connectivity index (χ1v) is 5.25. The van der Waals surface area contributed by atoms with E-state index < -0.39 is 5.91 Å². The standard InChI is InChI=1S/C9H6Cl2N4O2/c1-4-14-15-9(17-4)13-8(16)7-5(10)2-3-6(11)12-7/h2-3H,1H3,(H,13,15,16). The van der Waals surface area contributed by atoms with Crippen molar-refractivity contribution in [1.82, 2.24) is 15.2 Å². The predicted molar refractivity (Wildman–Crippen MR) is 61.2 cm³/mol. The van der Waals surface area contributed by atoms with Crippen LogP contribution in [0.15, 0.2) is 16.5 Å². The SMILES string of the molecule is Cc1nnc(NC(=O)c2nc(Cl)ccc2Cl)o1. The van der Waals surface area contributed by atoms with Gasteiger partial charge in [0, 0.05) is 6.92 Å². The summed E-state index contributed by atoms with van der Waals surface area (Å²) in [5.41, 5.74) is -0.00461. The van der Waals surface area contributed by atoms with Crippen molar-refractivity contribution in [3.8, 4) is 0 Å². The van der Waals surface area contributed by atoms with Crippen LogP contribution in [0.25, 0.3) is 0 Å². The molecule has 0 aliphatic carbocycles. The molecule has 8 heteroatoms. The van der Waals surface area contributed by atoms with Crippen LogP contribution < -0.4 is 5.32 Å². The van der Waals surface area contributed by atoms with E-state index in [0.29, 0.717) is 5.89 Å². The molecular weight excluding hydrogens is 267 g/mol. The minimum Gasteiger partial charge on any atom is -0.408 e. The summed E-state index contributed by atoms with van der Waals surface area (Å²) >= 11 is 11.5. The molecule has 0 unspecified atom stereocenters. The molecule has 0 aromatic carbocycles. The Balaban J connectivity index is 2.22. The van der Waals surface area contributed by atoms with E-state index in [0.717, 1.165) is 0 Å². The van der Waals surface area contributed by atoms with Crippen molar-refractivity contribution in [2.24, 2.45) is 0 Å². The van der Waals surface area contributed by atoms with Crippen LogP contribution in [0.5, 0.6) is 0 Å². The highest BCUT2D eigenvalue weighted by Crippen LogP contribution is 2.18. The molecule has 2 heterocycles. The van der Waals surface area contributed by atoms with Crippen molar-refractivity contribution in [3.05, 3.63) is 33.9 Å². The third-order valence-corrected chi connectivity index (χ3v) is 2.29. The Morgan fingerprint density at radius 1 is 1.35 bits per heavy atom. The molecule has 0 saturated carbocycles. The number of amides is 1. The van der Waals surface area contributed by atoms with Gasteiger partial charge < -0.3 is 4.42 Å². The highest BCUT2D eigenvalue weighted by molar-refractivity contribution is 6.35. The molecule has 0 saturated heterocycles. The number of carbonyl (C=O) groups is 1. The molecule has 0 aliphatic rings. The molecule has 0 spiro atoms. The molecule has 17 heavy (non-hydrogen) atoms. The van der Waals surface area contributed by atoms with Crippen molar-refractivity contribution < 1.29 is 9.21 Å². The number of halogens is 2.